The summed E-state index contributed by atoms with van der Waals surface area (Å²) in [5.74, 6) is -21.0. The number of aliphatic hydroxyl groups is 1. The average Bonchev–Trinajstić information content (AvgIpc) is 3.36. The summed E-state index contributed by atoms with van der Waals surface area (Å²) in [5, 5.41) is 11.6. The summed E-state index contributed by atoms with van der Waals surface area (Å²) in [7, 11) is 0. The SMILES string of the molecule is O=C1NC(=O)C2C1CC=C1C2CC2(Cl)C(=O)N(c3c(F)c(F)c(F)c(F)c3F)C(=O)C2(Cl)C1c1ccccc1OCCO. The van der Waals surface area contributed by atoms with Crippen molar-refractivity contribution in [1.82, 2.24) is 5.32 Å². The van der Waals surface area contributed by atoms with Gasteiger partial charge in [0, 0.05) is 11.5 Å². The lowest BCUT2D eigenvalue weighted by atomic mass is 9.56. The summed E-state index contributed by atoms with van der Waals surface area (Å²) in [6, 6.07) is 5.96. The molecule has 2 heterocycles. The summed E-state index contributed by atoms with van der Waals surface area (Å²) >= 11 is 14.0. The minimum Gasteiger partial charge on any atom is -0.491 e. The molecular weight excluding hydrogens is 626 g/mol. The number of hydrogen-bond acceptors (Lipinski definition) is 6. The highest BCUT2D eigenvalue weighted by Crippen LogP contribution is 2.66. The van der Waals surface area contributed by atoms with E-state index in [0.717, 1.165) is 0 Å². The number of carbonyl (C=O) groups is 4. The third kappa shape index (κ3) is 3.77. The van der Waals surface area contributed by atoms with Gasteiger partial charge in [0.1, 0.15) is 18.0 Å². The maximum Gasteiger partial charge on any atom is 0.258 e. The molecule has 3 fully saturated rings. The highest BCUT2D eigenvalue weighted by atomic mass is 35.5. The number of amides is 4. The molecule has 4 amide bonds. The van der Waals surface area contributed by atoms with Gasteiger partial charge < -0.3 is 9.84 Å². The highest BCUT2D eigenvalue weighted by molar-refractivity contribution is 6.58. The molecule has 2 N–H and O–H groups in total. The fourth-order valence-electron chi connectivity index (χ4n) is 6.83. The Kier molecular flexibility index (Phi) is 6.86. The van der Waals surface area contributed by atoms with Crippen LogP contribution < -0.4 is 15.0 Å². The van der Waals surface area contributed by atoms with Crippen LogP contribution in [0.15, 0.2) is 35.9 Å². The van der Waals surface area contributed by atoms with Crippen molar-refractivity contribution in [2.75, 3.05) is 18.1 Å². The first kappa shape index (κ1) is 29.5. The lowest BCUT2D eigenvalue weighted by molar-refractivity contribution is -0.127. The second-order valence-corrected chi connectivity index (χ2v) is 11.9. The Morgan fingerprint density at radius 1 is 0.907 bits per heavy atom. The molecule has 4 aliphatic rings. The number of nitrogens with zero attached hydrogens (tertiary/aromatic N) is 1. The average molecular weight is 645 g/mol. The number of para-hydroxylation sites is 1. The zero-order valence-electron chi connectivity index (χ0n) is 21.6. The van der Waals surface area contributed by atoms with Gasteiger partial charge in [-0.2, -0.15) is 0 Å². The quantitative estimate of drug-likeness (QED) is 0.128. The largest absolute Gasteiger partial charge is 0.491 e. The van der Waals surface area contributed by atoms with Gasteiger partial charge in [0.05, 0.1) is 18.4 Å². The first-order chi connectivity index (χ1) is 20.3. The molecule has 2 aliphatic heterocycles. The molecule has 15 heteroatoms. The molecule has 0 radical (unpaired) electrons. The Labute approximate surface area is 249 Å². The Morgan fingerprint density at radius 3 is 2.19 bits per heavy atom. The van der Waals surface area contributed by atoms with Gasteiger partial charge in [-0.15, -0.1) is 23.2 Å². The van der Waals surface area contributed by atoms with E-state index in [1.54, 1.807) is 12.1 Å². The number of anilines is 1. The minimum atomic E-state index is -2.65. The normalized spacial score (nSPS) is 31.4. The molecule has 43 heavy (non-hydrogen) atoms. The van der Waals surface area contributed by atoms with Crippen molar-refractivity contribution >= 4 is 52.5 Å². The van der Waals surface area contributed by atoms with E-state index >= 15 is 8.78 Å². The number of fused-ring (bicyclic) bond motifs is 4. The van der Waals surface area contributed by atoms with Crippen molar-refractivity contribution in [3.63, 3.8) is 0 Å². The summed E-state index contributed by atoms with van der Waals surface area (Å²) in [4.78, 5) is 48.2. The van der Waals surface area contributed by atoms with Crippen molar-refractivity contribution in [3.05, 3.63) is 70.6 Å². The lowest BCUT2D eigenvalue weighted by Crippen LogP contribution is -2.60. The number of halogens is 7. The van der Waals surface area contributed by atoms with E-state index in [0.29, 0.717) is 0 Å². The molecule has 2 aromatic carbocycles. The standard InChI is InChI=1S/C28H19Cl2F5N2O6/c29-27-9-13-10(5-6-12-15(13)24(40)36-23(12)39)16(11-3-1-2-4-14(11)43-8-7-38)28(27,30)26(42)37(25(27)41)22-20(34)18(32)17(31)19(33)21(22)35/h1-5,12-13,15-16,38H,6-9H2,(H,36,39,40). The molecular formula is C28H19Cl2F5N2O6. The Bertz CT molecular complexity index is 1640. The van der Waals surface area contributed by atoms with Gasteiger partial charge in [0.2, 0.25) is 17.6 Å². The molecule has 0 spiro atoms. The number of rotatable bonds is 5. The van der Waals surface area contributed by atoms with E-state index in [1.807, 2.05) is 0 Å². The second-order valence-electron chi connectivity index (χ2n) is 10.7. The summed E-state index contributed by atoms with van der Waals surface area (Å²) in [6.07, 6.45) is 0.991. The Hall–Kier alpha value is -3.55. The molecule has 6 atom stereocenters. The number of imide groups is 2. The third-order valence-corrected chi connectivity index (χ3v) is 10.1. The molecule has 2 aliphatic carbocycles. The van der Waals surface area contributed by atoms with E-state index in [1.165, 1.54) is 18.2 Å². The molecule has 2 saturated heterocycles. The molecule has 1 saturated carbocycles. The van der Waals surface area contributed by atoms with Gasteiger partial charge in [-0.1, -0.05) is 29.8 Å². The zero-order chi connectivity index (χ0) is 31.2. The lowest BCUT2D eigenvalue weighted by Gasteiger charge is -2.50. The molecule has 6 unspecified atom stereocenters. The van der Waals surface area contributed by atoms with Gasteiger partial charge in [-0.3, -0.25) is 24.5 Å². The molecule has 0 aromatic heterocycles. The fourth-order valence-corrected chi connectivity index (χ4v) is 7.76. The second kappa shape index (κ2) is 10.00. The van der Waals surface area contributed by atoms with Crippen LogP contribution in [-0.4, -0.2) is 51.7 Å². The first-order valence-electron chi connectivity index (χ1n) is 13.0. The van der Waals surface area contributed by atoms with Gasteiger partial charge in [-0.25, -0.2) is 26.9 Å². The van der Waals surface area contributed by atoms with Gasteiger partial charge in [0.15, 0.2) is 33.0 Å². The number of benzene rings is 2. The minimum absolute atomic E-state index is 0.0238. The number of ether oxygens (including phenoxy) is 1. The number of allylic oxidation sites excluding steroid dienone is 2. The number of carbonyl (C=O) groups excluding carboxylic acids is 4. The van der Waals surface area contributed by atoms with E-state index in [2.05, 4.69) is 5.32 Å². The molecule has 226 valence electrons. The van der Waals surface area contributed by atoms with Crippen molar-refractivity contribution in [1.29, 1.82) is 0 Å². The van der Waals surface area contributed by atoms with Gasteiger partial charge in [0.25, 0.3) is 11.8 Å². The van der Waals surface area contributed by atoms with E-state index in [9.17, 15) is 37.5 Å². The highest BCUT2D eigenvalue weighted by Gasteiger charge is 2.77. The maximum absolute atomic E-state index is 15.0. The van der Waals surface area contributed by atoms with Crippen molar-refractivity contribution < 1.29 is 51.0 Å². The van der Waals surface area contributed by atoms with Crippen LogP contribution in [0, 0.1) is 46.8 Å². The smallest absolute Gasteiger partial charge is 0.258 e. The molecule has 6 rings (SSSR count). The predicted octanol–water partition coefficient (Wildman–Crippen LogP) is 3.60. The van der Waals surface area contributed by atoms with Crippen LogP contribution in [0.25, 0.3) is 0 Å². The molecule has 8 nitrogen and oxygen atoms in total. The van der Waals surface area contributed by atoms with Crippen LogP contribution in [0.3, 0.4) is 0 Å². The zero-order valence-corrected chi connectivity index (χ0v) is 23.1. The fraction of sp³-hybridized carbons (Fsp3) is 0.357. The summed E-state index contributed by atoms with van der Waals surface area (Å²) < 4.78 is 78.1. The Morgan fingerprint density at radius 2 is 1.53 bits per heavy atom. The van der Waals surface area contributed by atoms with Crippen LogP contribution in [0.1, 0.15) is 24.3 Å². The molecule has 0 bridgehead atoms. The van der Waals surface area contributed by atoms with Crippen LogP contribution in [-0.2, 0) is 19.2 Å². The van der Waals surface area contributed by atoms with Crippen molar-refractivity contribution in [2.45, 2.75) is 28.5 Å². The first-order valence-corrected chi connectivity index (χ1v) is 13.7. The van der Waals surface area contributed by atoms with Gasteiger partial charge in [-0.05, 0) is 24.8 Å². The van der Waals surface area contributed by atoms with Crippen LogP contribution in [0.2, 0.25) is 0 Å². The number of nitrogens with one attached hydrogen (secondary N) is 1. The third-order valence-electron chi connectivity index (χ3n) is 8.64. The Balaban J connectivity index is 1.62. The van der Waals surface area contributed by atoms with Crippen molar-refractivity contribution in [2.24, 2.45) is 17.8 Å². The van der Waals surface area contributed by atoms with E-state index in [4.69, 9.17) is 27.9 Å². The maximum atomic E-state index is 15.0. The number of alkyl halides is 2. The number of aliphatic hydroxyl groups excluding tert-OH is 1. The summed E-state index contributed by atoms with van der Waals surface area (Å²) in [6.45, 7) is -0.647. The van der Waals surface area contributed by atoms with E-state index in [-0.39, 0.29) is 34.8 Å². The van der Waals surface area contributed by atoms with Gasteiger partial charge >= 0.3 is 0 Å². The predicted molar refractivity (Wildman–Crippen MR) is 139 cm³/mol. The van der Waals surface area contributed by atoms with E-state index < -0.39 is 105 Å². The summed E-state index contributed by atoms with van der Waals surface area (Å²) in [5.41, 5.74) is -1.44. The van der Waals surface area contributed by atoms with Crippen LogP contribution >= 0.6 is 23.2 Å². The molecule has 2 aromatic rings. The van der Waals surface area contributed by atoms with Crippen LogP contribution in [0.4, 0.5) is 27.6 Å². The van der Waals surface area contributed by atoms with Crippen LogP contribution in [0.5, 0.6) is 5.75 Å². The van der Waals surface area contributed by atoms with Crippen molar-refractivity contribution in [3.8, 4) is 5.75 Å². The monoisotopic (exact) mass is 644 g/mol. The number of hydrogen-bond donors (Lipinski definition) is 2. The topological polar surface area (TPSA) is 113 Å².